The van der Waals surface area contributed by atoms with E-state index in [0.29, 0.717) is 0 Å². The lowest BCUT2D eigenvalue weighted by molar-refractivity contribution is 0.101. The predicted octanol–water partition coefficient (Wildman–Crippen LogP) is 3.60. The first kappa shape index (κ1) is 11.4. The Hall–Kier alpha value is -2.09. The summed E-state index contributed by atoms with van der Waals surface area (Å²) < 4.78 is 0. The summed E-state index contributed by atoms with van der Waals surface area (Å²) in [7, 11) is 1.90. The van der Waals surface area contributed by atoms with Crippen LogP contribution in [0.2, 0.25) is 0 Å². The van der Waals surface area contributed by atoms with E-state index in [1.807, 2.05) is 43.4 Å². The molecule has 0 unspecified atom stereocenters. The summed E-state index contributed by atoms with van der Waals surface area (Å²) in [5.74, 6) is 0.0991. The summed E-state index contributed by atoms with van der Waals surface area (Å²) in [6, 6.07) is 15.9. The van der Waals surface area contributed by atoms with E-state index >= 15 is 0 Å². The summed E-state index contributed by atoms with van der Waals surface area (Å²) in [6.07, 6.45) is 0. The Bertz CT molecular complexity index is 512. The molecule has 0 spiro atoms. The molecule has 17 heavy (non-hydrogen) atoms. The summed E-state index contributed by atoms with van der Waals surface area (Å²) in [5, 5.41) is 3.09. The molecular weight excluding hydrogens is 210 g/mol. The molecule has 0 bridgehead atoms. The van der Waals surface area contributed by atoms with Crippen molar-refractivity contribution < 1.29 is 4.79 Å². The molecule has 0 aliphatic carbocycles. The summed E-state index contributed by atoms with van der Waals surface area (Å²) >= 11 is 0. The van der Waals surface area contributed by atoms with Gasteiger partial charge in [-0.1, -0.05) is 36.4 Å². The maximum atomic E-state index is 11.2. The molecule has 0 heterocycles. The monoisotopic (exact) mass is 225 g/mol. The van der Waals surface area contributed by atoms with Gasteiger partial charge in [-0.2, -0.15) is 0 Å². The van der Waals surface area contributed by atoms with Gasteiger partial charge in [0.2, 0.25) is 0 Å². The second kappa shape index (κ2) is 4.83. The van der Waals surface area contributed by atoms with Crippen molar-refractivity contribution in [2.24, 2.45) is 0 Å². The Labute approximate surface area is 101 Å². The first-order valence-corrected chi connectivity index (χ1v) is 5.60. The maximum absolute atomic E-state index is 11.2. The number of benzene rings is 2. The lowest BCUT2D eigenvalue weighted by Crippen LogP contribution is -1.91. The standard InChI is InChI=1S/C15H15NO/c1-11(17)12-3-5-13(6-4-12)14-7-9-15(16-2)10-8-14/h3-10,16H,1-2H3. The smallest absolute Gasteiger partial charge is 0.159 e. The van der Waals surface area contributed by atoms with Crippen LogP contribution in [0.15, 0.2) is 48.5 Å². The van der Waals surface area contributed by atoms with E-state index < -0.39 is 0 Å². The van der Waals surface area contributed by atoms with Gasteiger partial charge in [-0.3, -0.25) is 4.79 Å². The predicted molar refractivity (Wildman–Crippen MR) is 71.4 cm³/mol. The van der Waals surface area contributed by atoms with Crippen LogP contribution in [0, 0.1) is 0 Å². The highest BCUT2D eigenvalue weighted by Gasteiger charge is 2.00. The van der Waals surface area contributed by atoms with Crippen LogP contribution in [-0.4, -0.2) is 12.8 Å². The van der Waals surface area contributed by atoms with Crippen LogP contribution < -0.4 is 5.32 Å². The zero-order valence-electron chi connectivity index (χ0n) is 10.0. The Morgan fingerprint density at radius 3 is 1.76 bits per heavy atom. The fourth-order valence-corrected chi connectivity index (χ4v) is 1.73. The van der Waals surface area contributed by atoms with Crippen molar-refractivity contribution in [3.63, 3.8) is 0 Å². The minimum absolute atomic E-state index is 0.0991. The van der Waals surface area contributed by atoms with Crippen molar-refractivity contribution in [1.29, 1.82) is 0 Å². The molecule has 0 radical (unpaired) electrons. The van der Waals surface area contributed by atoms with Crippen LogP contribution in [0.1, 0.15) is 17.3 Å². The summed E-state index contributed by atoms with van der Waals surface area (Å²) in [4.78, 5) is 11.2. The lowest BCUT2D eigenvalue weighted by Gasteiger charge is -2.04. The number of hydrogen-bond donors (Lipinski definition) is 1. The van der Waals surface area contributed by atoms with Gasteiger partial charge in [0.25, 0.3) is 0 Å². The van der Waals surface area contributed by atoms with Crippen LogP contribution in [0.25, 0.3) is 11.1 Å². The van der Waals surface area contributed by atoms with Crippen molar-refractivity contribution in [1.82, 2.24) is 0 Å². The van der Waals surface area contributed by atoms with E-state index in [0.717, 1.165) is 22.4 Å². The second-order valence-corrected chi connectivity index (χ2v) is 3.96. The van der Waals surface area contributed by atoms with Gasteiger partial charge >= 0.3 is 0 Å². The molecule has 2 heteroatoms. The van der Waals surface area contributed by atoms with Gasteiger partial charge in [-0.15, -0.1) is 0 Å². The number of ketones is 1. The van der Waals surface area contributed by atoms with Crippen LogP contribution in [-0.2, 0) is 0 Å². The molecule has 2 rings (SSSR count). The molecule has 86 valence electrons. The Kier molecular flexibility index (Phi) is 3.24. The molecular formula is C15H15NO. The number of carbonyl (C=O) groups excluding carboxylic acids is 1. The Morgan fingerprint density at radius 2 is 1.35 bits per heavy atom. The van der Waals surface area contributed by atoms with Crippen molar-refractivity contribution in [3.05, 3.63) is 54.1 Å². The zero-order valence-corrected chi connectivity index (χ0v) is 10.0. The molecule has 0 saturated carbocycles. The third-order valence-corrected chi connectivity index (χ3v) is 2.80. The van der Waals surface area contributed by atoms with E-state index in [4.69, 9.17) is 0 Å². The highest BCUT2D eigenvalue weighted by Crippen LogP contribution is 2.21. The van der Waals surface area contributed by atoms with E-state index in [-0.39, 0.29) is 5.78 Å². The van der Waals surface area contributed by atoms with Crippen molar-refractivity contribution in [2.75, 3.05) is 12.4 Å². The fourth-order valence-electron chi connectivity index (χ4n) is 1.73. The number of hydrogen-bond acceptors (Lipinski definition) is 2. The van der Waals surface area contributed by atoms with Gasteiger partial charge in [0.1, 0.15) is 0 Å². The molecule has 2 aromatic rings. The average molecular weight is 225 g/mol. The maximum Gasteiger partial charge on any atom is 0.159 e. The molecule has 0 amide bonds. The van der Waals surface area contributed by atoms with Gasteiger partial charge in [0.05, 0.1) is 0 Å². The number of anilines is 1. The average Bonchev–Trinajstić information content (AvgIpc) is 2.39. The Balaban J connectivity index is 2.29. The van der Waals surface area contributed by atoms with Crippen molar-refractivity contribution in [3.8, 4) is 11.1 Å². The van der Waals surface area contributed by atoms with E-state index in [2.05, 4.69) is 17.4 Å². The molecule has 0 aliphatic rings. The first-order valence-electron chi connectivity index (χ1n) is 5.60. The zero-order chi connectivity index (χ0) is 12.3. The minimum atomic E-state index is 0.0991. The van der Waals surface area contributed by atoms with Gasteiger partial charge < -0.3 is 5.32 Å². The van der Waals surface area contributed by atoms with Crippen LogP contribution in [0.3, 0.4) is 0 Å². The van der Waals surface area contributed by atoms with E-state index in [9.17, 15) is 4.79 Å². The number of nitrogens with one attached hydrogen (secondary N) is 1. The van der Waals surface area contributed by atoms with Crippen molar-refractivity contribution >= 4 is 11.5 Å². The van der Waals surface area contributed by atoms with Gasteiger partial charge in [-0.25, -0.2) is 0 Å². The van der Waals surface area contributed by atoms with Gasteiger partial charge in [0.15, 0.2) is 5.78 Å². The van der Waals surface area contributed by atoms with Crippen molar-refractivity contribution in [2.45, 2.75) is 6.92 Å². The number of carbonyl (C=O) groups is 1. The highest BCUT2D eigenvalue weighted by atomic mass is 16.1. The van der Waals surface area contributed by atoms with E-state index in [1.54, 1.807) is 6.92 Å². The molecule has 0 fully saturated rings. The van der Waals surface area contributed by atoms with E-state index in [1.165, 1.54) is 0 Å². The Morgan fingerprint density at radius 1 is 0.882 bits per heavy atom. The lowest BCUT2D eigenvalue weighted by atomic mass is 10.0. The van der Waals surface area contributed by atoms with Crippen LogP contribution >= 0.6 is 0 Å². The molecule has 0 atom stereocenters. The SMILES string of the molecule is CNc1ccc(-c2ccc(C(C)=O)cc2)cc1. The quantitative estimate of drug-likeness (QED) is 0.809. The number of Topliss-reactive ketones (excluding diaryl/α,β-unsaturated/α-hetero) is 1. The molecule has 2 aromatic carbocycles. The molecule has 0 saturated heterocycles. The topological polar surface area (TPSA) is 29.1 Å². The van der Waals surface area contributed by atoms with Gasteiger partial charge in [0, 0.05) is 18.3 Å². The van der Waals surface area contributed by atoms with Gasteiger partial charge in [-0.05, 0) is 30.2 Å². The first-order chi connectivity index (χ1) is 8.20. The molecule has 0 aromatic heterocycles. The third kappa shape index (κ3) is 2.53. The normalized spacial score (nSPS) is 10.0. The molecule has 0 aliphatic heterocycles. The minimum Gasteiger partial charge on any atom is -0.388 e. The molecule has 2 nitrogen and oxygen atoms in total. The number of rotatable bonds is 3. The third-order valence-electron chi connectivity index (χ3n) is 2.80. The fraction of sp³-hybridized carbons (Fsp3) is 0.133. The van der Waals surface area contributed by atoms with Crippen LogP contribution in [0.4, 0.5) is 5.69 Å². The van der Waals surface area contributed by atoms with Crippen LogP contribution in [0.5, 0.6) is 0 Å². The largest absolute Gasteiger partial charge is 0.388 e. The summed E-state index contributed by atoms with van der Waals surface area (Å²) in [6.45, 7) is 1.58. The second-order valence-electron chi connectivity index (χ2n) is 3.96. The molecule has 1 N–H and O–H groups in total. The highest BCUT2D eigenvalue weighted by molar-refractivity contribution is 5.94. The summed E-state index contributed by atoms with van der Waals surface area (Å²) in [5.41, 5.74) is 4.12.